The van der Waals surface area contributed by atoms with Crippen LogP contribution in [0.3, 0.4) is 0 Å². The maximum absolute atomic E-state index is 5.87. The Bertz CT molecular complexity index is 478. The van der Waals surface area contributed by atoms with E-state index in [1.165, 1.54) is 10.4 Å². The molecule has 1 N–H and O–H groups in total. The second-order valence-corrected chi connectivity index (χ2v) is 5.76. The fourth-order valence-electron chi connectivity index (χ4n) is 1.61. The lowest BCUT2D eigenvalue weighted by atomic mass is 10.1. The Labute approximate surface area is 111 Å². The highest BCUT2D eigenvalue weighted by molar-refractivity contribution is 7.11. The quantitative estimate of drug-likeness (QED) is 0.906. The molecule has 1 atom stereocenters. The van der Waals surface area contributed by atoms with Gasteiger partial charge in [-0.15, -0.1) is 11.3 Å². The van der Waals surface area contributed by atoms with Crippen LogP contribution in [0.2, 0.25) is 5.02 Å². The number of aromatic nitrogens is 1. The molecule has 1 heterocycles. The fraction of sp³-hybridized carbons (Fsp3) is 0.308. The van der Waals surface area contributed by atoms with E-state index in [2.05, 4.69) is 29.4 Å². The molecule has 0 saturated heterocycles. The number of thiazole rings is 1. The zero-order valence-corrected chi connectivity index (χ0v) is 11.5. The van der Waals surface area contributed by atoms with E-state index in [-0.39, 0.29) is 0 Å². The van der Waals surface area contributed by atoms with Gasteiger partial charge in [0.15, 0.2) is 0 Å². The van der Waals surface area contributed by atoms with Crippen molar-refractivity contribution in [2.24, 2.45) is 0 Å². The van der Waals surface area contributed by atoms with Crippen LogP contribution < -0.4 is 5.32 Å². The molecule has 1 aromatic heterocycles. The first-order valence-corrected chi connectivity index (χ1v) is 6.75. The third-order valence-electron chi connectivity index (χ3n) is 2.62. The lowest BCUT2D eigenvalue weighted by molar-refractivity contribution is 0.578. The van der Waals surface area contributed by atoms with Gasteiger partial charge in [-0.2, -0.15) is 0 Å². The van der Waals surface area contributed by atoms with Gasteiger partial charge in [0.2, 0.25) is 0 Å². The topological polar surface area (TPSA) is 24.9 Å². The minimum atomic E-state index is 0.315. The van der Waals surface area contributed by atoms with Crippen molar-refractivity contribution in [1.82, 2.24) is 10.3 Å². The van der Waals surface area contributed by atoms with Crippen molar-refractivity contribution in [2.45, 2.75) is 26.4 Å². The Morgan fingerprint density at radius 3 is 2.65 bits per heavy atom. The van der Waals surface area contributed by atoms with Gasteiger partial charge in [-0.25, -0.2) is 4.98 Å². The van der Waals surface area contributed by atoms with E-state index in [0.717, 1.165) is 16.6 Å². The van der Waals surface area contributed by atoms with Crippen molar-refractivity contribution in [3.63, 3.8) is 0 Å². The maximum Gasteiger partial charge on any atom is 0.0897 e. The lowest BCUT2D eigenvalue weighted by Gasteiger charge is -2.13. The van der Waals surface area contributed by atoms with Crippen molar-refractivity contribution in [2.75, 3.05) is 0 Å². The Morgan fingerprint density at radius 1 is 1.35 bits per heavy atom. The molecular formula is C13H15ClN2S. The van der Waals surface area contributed by atoms with Crippen molar-refractivity contribution in [3.8, 4) is 0 Å². The zero-order chi connectivity index (χ0) is 12.3. The van der Waals surface area contributed by atoms with Gasteiger partial charge in [0.1, 0.15) is 0 Å². The number of nitrogens with one attached hydrogen (secondary N) is 1. The van der Waals surface area contributed by atoms with Crippen molar-refractivity contribution >= 4 is 22.9 Å². The van der Waals surface area contributed by atoms with Crippen LogP contribution >= 0.6 is 22.9 Å². The third-order valence-corrected chi connectivity index (χ3v) is 3.79. The number of aryl methyl sites for hydroxylation is 1. The largest absolute Gasteiger partial charge is 0.305 e. The second kappa shape index (κ2) is 5.63. The molecule has 1 unspecified atom stereocenters. The Balaban J connectivity index is 1.93. The molecule has 0 bridgehead atoms. The van der Waals surface area contributed by atoms with Crippen LogP contribution in [0.4, 0.5) is 0 Å². The monoisotopic (exact) mass is 266 g/mol. The summed E-state index contributed by atoms with van der Waals surface area (Å²) in [6.07, 6.45) is 1.93. The summed E-state index contributed by atoms with van der Waals surface area (Å²) in [5.41, 5.74) is 1.25. The first kappa shape index (κ1) is 12.6. The molecule has 0 fully saturated rings. The van der Waals surface area contributed by atoms with Crippen LogP contribution in [0.15, 0.2) is 30.5 Å². The number of rotatable bonds is 4. The van der Waals surface area contributed by atoms with E-state index >= 15 is 0 Å². The summed E-state index contributed by atoms with van der Waals surface area (Å²) in [6.45, 7) is 5.03. The first-order valence-electron chi connectivity index (χ1n) is 5.55. The van der Waals surface area contributed by atoms with Crippen molar-refractivity contribution in [3.05, 3.63) is 50.9 Å². The Kier molecular flexibility index (Phi) is 4.15. The summed E-state index contributed by atoms with van der Waals surface area (Å²) in [4.78, 5) is 5.51. The van der Waals surface area contributed by atoms with Gasteiger partial charge in [0.25, 0.3) is 0 Å². The van der Waals surface area contributed by atoms with E-state index in [1.807, 2.05) is 25.3 Å². The molecular weight excluding hydrogens is 252 g/mol. The van der Waals surface area contributed by atoms with Gasteiger partial charge < -0.3 is 5.32 Å². The van der Waals surface area contributed by atoms with Gasteiger partial charge >= 0.3 is 0 Å². The molecule has 2 aromatic rings. The number of nitrogens with zero attached hydrogens (tertiary/aromatic N) is 1. The number of hydrogen-bond acceptors (Lipinski definition) is 3. The van der Waals surface area contributed by atoms with E-state index in [4.69, 9.17) is 11.6 Å². The van der Waals surface area contributed by atoms with Crippen LogP contribution in [-0.4, -0.2) is 4.98 Å². The average molecular weight is 267 g/mol. The summed E-state index contributed by atoms with van der Waals surface area (Å²) < 4.78 is 0. The smallest absolute Gasteiger partial charge is 0.0897 e. The Hall–Kier alpha value is -0.900. The normalized spacial score (nSPS) is 12.6. The molecule has 2 nitrogen and oxygen atoms in total. The minimum Gasteiger partial charge on any atom is -0.305 e. The maximum atomic E-state index is 5.87. The minimum absolute atomic E-state index is 0.315. The number of benzene rings is 1. The van der Waals surface area contributed by atoms with Gasteiger partial charge in [-0.1, -0.05) is 23.7 Å². The molecule has 4 heteroatoms. The van der Waals surface area contributed by atoms with Crippen LogP contribution in [0.5, 0.6) is 0 Å². The van der Waals surface area contributed by atoms with E-state index in [1.54, 1.807) is 11.3 Å². The molecule has 0 aliphatic heterocycles. The summed E-state index contributed by atoms with van der Waals surface area (Å²) in [7, 11) is 0. The molecule has 90 valence electrons. The van der Waals surface area contributed by atoms with E-state index in [0.29, 0.717) is 6.04 Å². The first-order chi connectivity index (χ1) is 8.15. The third kappa shape index (κ3) is 3.53. The van der Waals surface area contributed by atoms with Crippen molar-refractivity contribution < 1.29 is 0 Å². The van der Waals surface area contributed by atoms with Crippen LogP contribution in [0.1, 0.15) is 28.4 Å². The zero-order valence-electron chi connectivity index (χ0n) is 9.90. The standard InChI is InChI=1S/C13H15ClN2S/c1-9(11-3-5-12(14)6-4-11)15-7-13-8-16-10(2)17-13/h3-6,8-9,15H,7H2,1-2H3. The summed E-state index contributed by atoms with van der Waals surface area (Å²) in [5, 5.41) is 5.36. The molecule has 0 amide bonds. The van der Waals surface area contributed by atoms with Gasteiger partial charge in [0.05, 0.1) is 5.01 Å². The van der Waals surface area contributed by atoms with Crippen LogP contribution in [0.25, 0.3) is 0 Å². The lowest BCUT2D eigenvalue weighted by Crippen LogP contribution is -2.17. The Morgan fingerprint density at radius 2 is 2.06 bits per heavy atom. The molecule has 0 aliphatic carbocycles. The van der Waals surface area contributed by atoms with E-state index < -0.39 is 0 Å². The predicted molar refractivity (Wildman–Crippen MR) is 73.6 cm³/mol. The number of hydrogen-bond donors (Lipinski definition) is 1. The van der Waals surface area contributed by atoms with Gasteiger partial charge in [-0.05, 0) is 31.5 Å². The molecule has 1 aromatic carbocycles. The van der Waals surface area contributed by atoms with Crippen molar-refractivity contribution in [1.29, 1.82) is 0 Å². The SMILES string of the molecule is Cc1ncc(CNC(C)c2ccc(Cl)cc2)s1. The molecule has 2 rings (SSSR count). The fourth-order valence-corrected chi connectivity index (χ4v) is 2.48. The summed E-state index contributed by atoms with van der Waals surface area (Å²) >= 11 is 7.60. The molecule has 17 heavy (non-hydrogen) atoms. The van der Waals surface area contributed by atoms with Gasteiger partial charge in [-0.3, -0.25) is 0 Å². The van der Waals surface area contributed by atoms with Crippen LogP contribution in [-0.2, 0) is 6.54 Å². The predicted octanol–water partition coefficient (Wildman–Crippen LogP) is 3.96. The molecule has 0 saturated carbocycles. The highest BCUT2D eigenvalue weighted by atomic mass is 35.5. The highest BCUT2D eigenvalue weighted by Gasteiger charge is 2.05. The van der Waals surface area contributed by atoms with E-state index in [9.17, 15) is 0 Å². The summed E-state index contributed by atoms with van der Waals surface area (Å²) in [6, 6.07) is 8.27. The molecule has 0 radical (unpaired) electrons. The second-order valence-electron chi connectivity index (χ2n) is 4.00. The molecule has 0 spiro atoms. The summed E-state index contributed by atoms with van der Waals surface area (Å²) in [5.74, 6) is 0. The van der Waals surface area contributed by atoms with Crippen LogP contribution in [0, 0.1) is 6.92 Å². The van der Waals surface area contributed by atoms with Gasteiger partial charge in [0, 0.05) is 28.7 Å². The molecule has 0 aliphatic rings. The average Bonchev–Trinajstić information content (AvgIpc) is 2.73. The number of halogens is 1. The highest BCUT2D eigenvalue weighted by Crippen LogP contribution is 2.17.